The minimum Gasteiger partial charge on any atom is -0.478 e. The van der Waals surface area contributed by atoms with Crippen LogP contribution >= 0.6 is 27.5 Å². The van der Waals surface area contributed by atoms with Gasteiger partial charge in [0, 0.05) is 21.5 Å². The minimum absolute atomic E-state index is 0.0686. The molecule has 4 nitrogen and oxygen atoms in total. The summed E-state index contributed by atoms with van der Waals surface area (Å²) in [7, 11) is 0. The molecule has 142 valence electrons. The van der Waals surface area contributed by atoms with Gasteiger partial charge in [0.05, 0.1) is 11.3 Å². The highest BCUT2D eigenvalue weighted by Gasteiger charge is 2.62. The van der Waals surface area contributed by atoms with E-state index < -0.39 is 24.2 Å². The third-order valence-corrected chi connectivity index (χ3v) is 4.98. The van der Waals surface area contributed by atoms with Crippen molar-refractivity contribution >= 4 is 39.2 Å². The molecule has 1 aliphatic rings. The SMILES string of the molecule is Cc1cc(C2=NOC(c3cc(Cl)cc(Br)c3)(C(F)(F)F)C2)ccc1C(=O)O. The first-order valence-electron chi connectivity index (χ1n) is 7.66. The number of carboxylic acids is 1. The Balaban J connectivity index is 2.02. The predicted molar refractivity (Wildman–Crippen MR) is 97.3 cm³/mol. The van der Waals surface area contributed by atoms with E-state index in [9.17, 15) is 18.0 Å². The number of aryl methyl sites for hydroxylation is 1. The van der Waals surface area contributed by atoms with Gasteiger partial charge in [0.15, 0.2) is 0 Å². The smallest absolute Gasteiger partial charge is 0.435 e. The number of rotatable bonds is 3. The predicted octanol–water partition coefficient (Wildman–Crippen LogP) is 5.69. The van der Waals surface area contributed by atoms with E-state index in [1.54, 1.807) is 6.92 Å². The van der Waals surface area contributed by atoms with Crippen molar-refractivity contribution in [3.8, 4) is 0 Å². The van der Waals surface area contributed by atoms with Gasteiger partial charge in [-0.15, -0.1) is 0 Å². The number of hydrogen-bond acceptors (Lipinski definition) is 3. The van der Waals surface area contributed by atoms with Crippen molar-refractivity contribution in [2.24, 2.45) is 5.16 Å². The topological polar surface area (TPSA) is 58.9 Å². The van der Waals surface area contributed by atoms with Crippen LogP contribution < -0.4 is 0 Å². The first-order valence-corrected chi connectivity index (χ1v) is 8.83. The van der Waals surface area contributed by atoms with Gasteiger partial charge in [0.25, 0.3) is 5.60 Å². The van der Waals surface area contributed by atoms with Gasteiger partial charge in [-0.1, -0.05) is 38.8 Å². The van der Waals surface area contributed by atoms with Crippen LogP contribution in [0.25, 0.3) is 0 Å². The van der Waals surface area contributed by atoms with Crippen molar-refractivity contribution < 1.29 is 27.9 Å². The van der Waals surface area contributed by atoms with Gasteiger partial charge in [-0.25, -0.2) is 4.79 Å². The molecule has 0 aliphatic carbocycles. The van der Waals surface area contributed by atoms with Gasteiger partial charge < -0.3 is 9.94 Å². The molecule has 1 atom stereocenters. The molecule has 0 radical (unpaired) electrons. The molecule has 2 aromatic carbocycles. The molecule has 1 heterocycles. The van der Waals surface area contributed by atoms with Crippen LogP contribution in [0.1, 0.15) is 33.5 Å². The number of carbonyl (C=O) groups is 1. The van der Waals surface area contributed by atoms with E-state index in [1.807, 2.05) is 0 Å². The molecule has 2 aromatic rings. The summed E-state index contributed by atoms with van der Waals surface area (Å²) in [6.45, 7) is 1.56. The lowest BCUT2D eigenvalue weighted by atomic mass is 9.86. The van der Waals surface area contributed by atoms with Crippen LogP contribution in [0.5, 0.6) is 0 Å². The third kappa shape index (κ3) is 3.55. The second kappa shape index (κ2) is 6.83. The maximum atomic E-state index is 14.0. The molecule has 1 N–H and O–H groups in total. The molecule has 0 fully saturated rings. The van der Waals surface area contributed by atoms with E-state index in [0.29, 0.717) is 15.6 Å². The Labute approximate surface area is 165 Å². The summed E-state index contributed by atoms with van der Waals surface area (Å²) in [6.07, 6.45) is -5.31. The fraction of sp³-hybridized carbons (Fsp3) is 0.222. The number of benzene rings is 2. The van der Waals surface area contributed by atoms with Crippen molar-refractivity contribution in [2.45, 2.75) is 25.1 Å². The summed E-state index contributed by atoms with van der Waals surface area (Å²) < 4.78 is 42.3. The number of aromatic carboxylic acids is 1. The van der Waals surface area contributed by atoms with Crippen molar-refractivity contribution in [3.63, 3.8) is 0 Å². The zero-order valence-corrected chi connectivity index (χ0v) is 16.1. The quantitative estimate of drug-likeness (QED) is 0.637. The zero-order valence-electron chi connectivity index (χ0n) is 13.8. The second-order valence-electron chi connectivity index (χ2n) is 6.12. The number of hydrogen-bond donors (Lipinski definition) is 1. The van der Waals surface area contributed by atoms with Gasteiger partial charge in [-0.3, -0.25) is 0 Å². The summed E-state index contributed by atoms with van der Waals surface area (Å²) in [5, 5.41) is 12.9. The van der Waals surface area contributed by atoms with Gasteiger partial charge >= 0.3 is 12.1 Å². The molecule has 27 heavy (non-hydrogen) atoms. The third-order valence-electron chi connectivity index (χ3n) is 4.30. The van der Waals surface area contributed by atoms with Crippen LogP contribution in [0.2, 0.25) is 5.02 Å². The summed E-state index contributed by atoms with van der Waals surface area (Å²) in [5.41, 5.74) is -1.92. The van der Waals surface area contributed by atoms with Crippen molar-refractivity contribution in [1.82, 2.24) is 0 Å². The van der Waals surface area contributed by atoms with Crippen molar-refractivity contribution in [3.05, 3.63) is 68.1 Å². The van der Waals surface area contributed by atoms with Crippen molar-refractivity contribution in [1.29, 1.82) is 0 Å². The number of oxime groups is 1. The molecule has 0 saturated carbocycles. The van der Waals surface area contributed by atoms with Gasteiger partial charge in [-0.2, -0.15) is 13.2 Å². The van der Waals surface area contributed by atoms with Crippen LogP contribution in [0.4, 0.5) is 13.2 Å². The molecule has 0 bridgehead atoms. The summed E-state index contributed by atoms with van der Waals surface area (Å²) in [4.78, 5) is 16.1. The summed E-state index contributed by atoms with van der Waals surface area (Å²) >= 11 is 9.06. The Morgan fingerprint density at radius 2 is 2.00 bits per heavy atom. The number of alkyl halides is 3. The fourth-order valence-electron chi connectivity index (χ4n) is 2.93. The first-order chi connectivity index (χ1) is 12.5. The Kier molecular flexibility index (Phi) is 4.98. The maximum absolute atomic E-state index is 14.0. The lowest BCUT2D eigenvalue weighted by molar-refractivity contribution is -0.275. The summed E-state index contributed by atoms with van der Waals surface area (Å²) in [6, 6.07) is 8.18. The van der Waals surface area contributed by atoms with E-state index >= 15 is 0 Å². The Morgan fingerprint density at radius 1 is 1.30 bits per heavy atom. The molecule has 0 saturated heterocycles. The van der Waals surface area contributed by atoms with E-state index in [4.69, 9.17) is 21.5 Å². The Hall–Kier alpha value is -2.06. The second-order valence-corrected chi connectivity index (χ2v) is 7.48. The van der Waals surface area contributed by atoms with E-state index in [1.165, 1.54) is 36.4 Å². The standard InChI is InChI=1S/C18H12BrClF3NO3/c1-9-4-10(2-3-14(9)16(25)26)15-8-17(27-24-15,18(21,22)23)11-5-12(19)7-13(20)6-11/h2-7H,8H2,1H3,(H,25,26). The van der Waals surface area contributed by atoms with Crippen LogP contribution in [-0.4, -0.2) is 23.0 Å². The molecule has 0 spiro atoms. The monoisotopic (exact) mass is 461 g/mol. The average molecular weight is 463 g/mol. The highest BCUT2D eigenvalue weighted by atomic mass is 79.9. The van der Waals surface area contributed by atoms with E-state index in [2.05, 4.69) is 21.1 Å². The molecule has 1 aliphatic heterocycles. The Morgan fingerprint density at radius 3 is 2.56 bits per heavy atom. The maximum Gasteiger partial charge on any atom is 0.435 e. The first kappa shape index (κ1) is 19.7. The normalized spacial score (nSPS) is 19.6. The van der Waals surface area contributed by atoms with E-state index in [-0.39, 0.29) is 21.9 Å². The molecule has 0 aromatic heterocycles. The molecular formula is C18H12BrClF3NO3. The zero-order chi connectivity index (χ0) is 20.0. The molecule has 9 heteroatoms. The molecule has 3 rings (SSSR count). The number of nitrogens with zero attached hydrogens (tertiary/aromatic N) is 1. The Bertz CT molecular complexity index is 941. The van der Waals surface area contributed by atoms with E-state index in [0.717, 1.165) is 0 Å². The van der Waals surface area contributed by atoms with Crippen LogP contribution in [0.15, 0.2) is 46.0 Å². The van der Waals surface area contributed by atoms with Crippen LogP contribution in [0, 0.1) is 6.92 Å². The minimum atomic E-state index is -4.75. The summed E-state index contributed by atoms with van der Waals surface area (Å²) in [5.74, 6) is -1.11. The van der Waals surface area contributed by atoms with Crippen LogP contribution in [-0.2, 0) is 10.4 Å². The lowest BCUT2D eigenvalue weighted by Crippen LogP contribution is -2.42. The number of halogens is 5. The van der Waals surface area contributed by atoms with Crippen LogP contribution in [0.3, 0.4) is 0 Å². The molecular weight excluding hydrogens is 451 g/mol. The van der Waals surface area contributed by atoms with Gasteiger partial charge in [-0.05, 0) is 48.4 Å². The molecule has 0 amide bonds. The number of carboxylic acid groups (broad SMARTS) is 1. The lowest BCUT2D eigenvalue weighted by Gasteiger charge is -2.29. The fourth-order valence-corrected chi connectivity index (χ4v) is 3.79. The highest BCUT2D eigenvalue weighted by molar-refractivity contribution is 9.10. The van der Waals surface area contributed by atoms with Gasteiger partial charge in [0.1, 0.15) is 0 Å². The highest BCUT2D eigenvalue weighted by Crippen LogP contribution is 2.49. The molecule has 1 unspecified atom stereocenters. The largest absolute Gasteiger partial charge is 0.478 e. The average Bonchev–Trinajstić information content (AvgIpc) is 3.00. The van der Waals surface area contributed by atoms with Crippen molar-refractivity contribution in [2.75, 3.05) is 0 Å². The van der Waals surface area contributed by atoms with Gasteiger partial charge in [0.2, 0.25) is 0 Å².